The van der Waals surface area contributed by atoms with Gasteiger partial charge in [-0.3, -0.25) is 4.79 Å². The number of hydrogen-bond acceptors (Lipinski definition) is 4. The van der Waals surface area contributed by atoms with Gasteiger partial charge in [0.2, 0.25) is 5.91 Å². The third-order valence-electron chi connectivity index (χ3n) is 2.89. The summed E-state index contributed by atoms with van der Waals surface area (Å²) in [4.78, 5) is 23.5. The van der Waals surface area contributed by atoms with Crippen LogP contribution in [0.25, 0.3) is 0 Å². The third kappa shape index (κ3) is 4.22. The summed E-state index contributed by atoms with van der Waals surface area (Å²) >= 11 is 1.68. The van der Waals surface area contributed by atoms with E-state index in [1.54, 1.807) is 11.8 Å². The minimum absolute atomic E-state index is 0.00495. The first-order valence-corrected chi connectivity index (χ1v) is 7.11. The van der Waals surface area contributed by atoms with Crippen LogP contribution in [0.2, 0.25) is 0 Å². The highest BCUT2D eigenvalue weighted by atomic mass is 32.2. The van der Waals surface area contributed by atoms with Gasteiger partial charge in [-0.05, 0) is 24.5 Å². The van der Waals surface area contributed by atoms with Gasteiger partial charge in [0.05, 0.1) is 12.4 Å². The Hall–Kier alpha value is -0.710. The van der Waals surface area contributed by atoms with Gasteiger partial charge in [-0.15, -0.1) is 11.8 Å². The van der Waals surface area contributed by atoms with Gasteiger partial charge in [-0.1, -0.05) is 20.3 Å². The lowest BCUT2D eigenvalue weighted by atomic mass is 10.0. The van der Waals surface area contributed by atoms with Gasteiger partial charge in [0.25, 0.3) is 0 Å². The van der Waals surface area contributed by atoms with E-state index < -0.39 is 6.04 Å². The number of methoxy groups -OCH3 is 1. The van der Waals surface area contributed by atoms with Gasteiger partial charge in [-0.25, -0.2) is 4.79 Å². The molecule has 1 aliphatic rings. The van der Waals surface area contributed by atoms with Crippen molar-refractivity contribution in [3.63, 3.8) is 0 Å². The van der Waals surface area contributed by atoms with Crippen LogP contribution in [0.3, 0.4) is 0 Å². The number of nitrogens with one attached hydrogen (secondary N) is 1. The monoisotopic (exact) mass is 259 g/mol. The van der Waals surface area contributed by atoms with Crippen LogP contribution in [0.15, 0.2) is 0 Å². The fourth-order valence-corrected chi connectivity index (χ4v) is 3.03. The van der Waals surface area contributed by atoms with Crippen LogP contribution in [0.1, 0.15) is 33.1 Å². The minimum atomic E-state index is -0.532. The molecule has 0 aliphatic carbocycles. The van der Waals surface area contributed by atoms with Crippen LogP contribution < -0.4 is 5.32 Å². The lowest BCUT2D eigenvalue weighted by Gasteiger charge is -2.25. The van der Waals surface area contributed by atoms with Gasteiger partial charge >= 0.3 is 5.97 Å². The molecule has 2 atom stereocenters. The van der Waals surface area contributed by atoms with Crippen molar-refractivity contribution in [3.8, 4) is 0 Å². The highest BCUT2D eigenvalue weighted by Gasteiger charge is 2.29. The van der Waals surface area contributed by atoms with Gasteiger partial charge in [0.1, 0.15) is 6.04 Å². The standard InChI is InChI=1S/C12H21NO3S/c1-8(2)10(12(15)16-3)13-11(14)9-6-4-5-7-17-9/h8-10H,4-7H2,1-3H3,(H,13,14)/t9-,10?/m0/s1. The molecule has 1 unspecified atom stereocenters. The molecule has 0 spiro atoms. The summed E-state index contributed by atoms with van der Waals surface area (Å²) in [6, 6.07) is -0.532. The van der Waals surface area contributed by atoms with Crippen molar-refractivity contribution in [2.45, 2.75) is 44.4 Å². The van der Waals surface area contributed by atoms with E-state index in [-0.39, 0.29) is 23.0 Å². The number of thioether (sulfide) groups is 1. The Morgan fingerprint density at radius 1 is 1.35 bits per heavy atom. The van der Waals surface area contributed by atoms with Crippen LogP contribution in [0.5, 0.6) is 0 Å². The predicted octanol–water partition coefficient (Wildman–Crippen LogP) is 1.59. The average Bonchev–Trinajstić information content (AvgIpc) is 2.35. The smallest absolute Gasteiger partial charge is 0.328 e. The van der Waals surface area contributed by atoms with E-state index in [0.29, 0.717) is 0 Å². The lowest BCUT2D eigenvalue weighted by Crippen LogP contribution is -2.48. The van der Waals surface area contributed by atoms with Crippen molar-refractivity contribution in [3.05, 3.63) is 0 Å². The number of rotatable bonds is 4. The number of carbonyl (C=O) groups excluding carboxylic acids is 2. The van der Waals surface area contributed by atoms with E-state index >= 15 is 0 Å². The first kappa shape index (κ1) is 14.4. The molecule has 0 bridgehead atoms. The lowest BCUT2D eigenvalue weighted by molar-refractivity contribution is -0.146. The molecule has 1 rings (SSSR count). The van der Waals surface area contributed by atoms with Crippen molar-refractivity contribution in [1.82, 2.24) is 5.32 Å². The summed E-state index contributed by atoms with van der Waals surface area (Å²) in [5.41, 5.74) is 0. The van der Waals surface area contributed by atoms with E-state index in [1.807, 2.05) is 13.8 Å². The SMILES string of the molecule is COC(=O)C(NC(=O)[C@@H]1CCCCS1)C(C)C. The van der Waals surface area contributed by atoms with Crippen LogP contribution in [0.4, 0.5) is 0 Å². The molecule has 0 aromatic rings. The maximum absolute atomic E-state index is 12.0. The highest BCUT2D eigenvalue weighted by Crippen LogP contribution is 2.25. The Morgan fingerprint density at radius 3 is 2.53 bits per heavy atom. The molecule has 0 aromatic heterocycles. The van der Waals surface area contributed by atoms with E-state index in [0.717, 1.165) is 18.6 Å². The van der Waals surface area contributed by atoms with E-state index in [4.69, 9.17) is 4.74 Å². The van der Waals surface area contributed by atoms with E-state index in [9.17, 15) is 9.59 Å². The molecule has 1 fully saturated rings. The molecule has 0 saturated carbocycles. The zero-order chi connectivity index (χ0) is 12.8. The minimum Gasteiger partial charge on any atom is -0.467 e. The molecule has 0 radical (unpaired) electrons. The molecule has 1 amide bonds. The summed E-state index contributed by atoms with van der Waals surface area (Å²) in [5, 5.41) is 2.80. The number of amides is 1. The second-order valence-corrected chi connectivity index (χ2v) is 5.92. The molecule has 1 aliphatic heterocycles. The van der Waals surface area contributed by atoms with E-state index in [2.05, 4.69) is 5.32 Å². The van der Waals surface area contributed by atoms with Gasteiger partial charge in [0, 0.05) is 0 Å². The number of esters is 1. The number of ether oxygens (including phenoxy) is 1. The first-order valence-electron chi connectivity index (χ1n) is 6.06. The molecule has 1 saturated heterocycles. The van der Waals surface area contributed by atoms with Crippen LogP contribution in [-0.2, 0) is 14.3 Å². The molecule has 5 heteroatoms. The van der Waals surface area contributed by atoms with Crippen molar-refractivity contribution in [2.24, 2.45) is 5.92 Å². The Bertz CT molecular complexity index is 275. The Morgan fingerprint density at radius 2 is 2.06 bits per heavy atom. The van der Waals surface area contributed by atoms with Crippen LogP contribution in [-0.4, -0.2) is 36.0 Å². The van der Waals surface area contributed by atoms with Gasteiger partial charge < -0.3 is 10.1 Å². The number of carbonyl (C=O) groups is 2. The quantitative estimate of drug-likeness (QED) is 0.779. The average molecular weight is 259 g/mol. The summed E-state index contributed by atoms with van der Waals surface area (Å²) in [6.45, 7) is 3.80. The Balaban J connectivity index is 2.54. The summed E-state index contributed by atoms with van der Waals surface area (Å²) in [5.74, 6) is 0.677. The molecule has 98 valence electrons. The summed E-state index contributed by atoms with van der Waals surface area (Å²) in [7, 11) is 1.35. The topological polar surface area (TPSA) is 55.4 Å². The normalized spacial score (nSPS) is 22.0. The maximum Gasteiger partial charge on any atom is 0.328 e. The summed E-state index contributed by atoms with van der Waals surface area (Å²) < 4.78 is 4.70. The zero-order valence-corrected chi connectivity index (χ0v) is 11.5. The van der Waals surface area contributed by atoms with Crippen molar-refractivity contribution in [1.29, 1.82) is 0 Å². The van der Waals surface area contributed by atoms with Gasteiger partial charge in [0.15, 0.2) is 0 Å². The molecular weight excluding hydrogens is 238 g/mol. The van der Waals surface area contributed by atoms with Crippen molar-refractivity contribution >= 4 is 23.6 Å². The molecule has 0 aromatic carbocycles. The summed E-state index contributed by atoms with van der Waals surface area (Å²) in [6.07, 6.45) is 3.18. The molecular formula is C12H21NO3S. The number of hydrogen-bond donors (Lipinski definition) is 1. The zero-order valence-electron chi connectivity index (χ0n) is 10.7. The molecule has 1 N–H and O–H groups in total. The highest BCUT2D eigenvalue weighted by molar-refractivity contribution is 8.00. The second kappa shape index (κ2) is 6.89. The Labute approximate surface area is 107 Å². The van der Waals surface area contributed by atoms with Gasteiger partial charge in [-0.2, -0.15) is 0 Å². The third-order valence-corrected chi connectivity index (χ3v) is 4.27. The Kier molecular flexibility index (Phi) is 5.82. The molecule has 17 heavy (non-hydrogen) atoms. The molecule has 1 heterocycles. The van der Waals surface area contributed by atoms with E-state index in [1.165, 1.54) is 13.5 Å². The first-order chi connectivity index (χ1) is 8.06. The van der Waals surface area contributed by atoms with Crippen molar-refractivity contribution < 1.29 is 14.3 Å². The fraction of sp³-hybridized carbons (Fsp3) is 0.833. The maximum atomic E-state index is 12.0. The predicted molar refractivity (Wildman–Crippen MR) is 68.9 cm³/mol. The second-order valence-electron chi connectivity index (χ2n) is 4.61. The van der Waals surface area contributed by atoms with Crippen LogP contribution >= 0.6 is 11.8 Å². The fourth-order valence-electron chi connectivity index (χ4n) is 1.82. The van der Waals surface area contributed by atoms with Crippen LogP contribution in [0, 0.1) is 5.92 Å². The molecule has 4 nitrogen and oxygen atoms in total. The van der Waals surface area contributed by atoms with Crippen molar-refractivity contribution in [2.75, 3.05) is 12.9 Å². The largest absolute Gasteiger partial charge is 0.467 e.